The molecule has 1 aliphatic rings. The van der Waals surface area contributed by atoms with Gasteiger partial charge in [-0.25, -0.2) is 4.68 Å². The predicted molar refractivity (Wildman–Crippen MR) is 89.1 cm³/mol. The van der Waals surface area contributed by atoms with Crippen molar-refractivity contribution in [2.45, 2.75) is 32.9 Å². The van der Waals surface area contributed by atoms with E-state index in [1.54, 1.807) is 4.90 Å². The van der Waals surface area contributed by atoms with Gasteiger partial charge in [-0.3, -0.25) is 14.7 Å². The molecule has 23 heavy (non-hydrogen) atoms. The molecule has 2 unspecified atom stereocenters. The number of aromatic nitrogens is 2. The van der Waals surface area contributed by atoms with Gasteiger partial charge in [0.25, 0.3) is 11.5 Å². The van der Waals surface area contributed by atoms with Gasteiger partial charge in [-0.1, -0.05) is 17.7 Å². The third-order valence-corrected chi connectivity index (χ3v) is 4.09. The van der Waals surface area contributed by atoms with Gasteiger partial charge >= 0.3 is 0 Å². The number of rotatable bonds is 2. The maximum Gasteiger partial charge on any atom is 0.272 e. The molecule has 2 atom stereocenters. The van der Waals surface area contributed by atoms with Crippen LogP contribution in [0, 0.1) is 6.92 Å². The number of hydrogen-bond acceptors (Lipinski definition) is 3. The standard InChI is InChI=1S/C17H22N4O2/c1-11-4-6-14(7-5-11)21-16(22)8-15(19-21)17(23)20-9-12(2)18-13(3)10-20/h4-8,12-13,18-19H,9-10H2,1-3H3. The molecule has 0 aliphatic carbocycles. The van der Waals surface area contributed by atoms with Gasteiger partial charge in [-0.2, -0.15) is 0 Å². The van der Waals surface area contributed by atoms with E-state index in [0.29, 0.717) is 18.8 Å². The maximum absolute atomic E-state index is 12.7. The fourth-order valence-corrected chi connectivity index (χ4v) is 3.05. The quantitative estimate of drug-likeness (QED) is 0.878. The van der Waals surface area contributed by atoms with Crippen molar-refractivity contribution in [1.82, 2.24) is 20.0 Å². The number of aromatic amines is 1. The number of nitrogens with one attached hydrogen (secondary N) is 2. The van der Waals surface area contributed by atoms with Crippen molar-refractivity contribution < 1.29 is 4.79 Å². The van der Waals surface area contributed by atoms with Gasteiger partial charge in [0, 0.05) is 31.2 Å². The van der Waals surface area contributed by atoms with Gasteiger partial charge < -0.3 is 10.2 Å². The Balaban J connectivity index is 1.87. The van der Waals surface area contributed by atoms with E-state index in [1.165, 1.54) is 10.7 Å². The summed E-state index contributed by atoms with van der Waals surface area (Å²) in [5, 5.41) is 6.33. The van der Waals surface area contributed by atoms with Crippen molar-refractivity contribution in [2.75, 3.05) is 13.1 Å². The Hall–Kier alpha value is -2.34. The van der Waals surface area contributed by atoms with E-state index in [9.17, 15) is 9.59 Å². The lowest BCUT2D eigenvalue weighted by molar-refractivity contribution is 0.0667. The lowest BCUT2D eigenvalue weighted by Gasteiger charge is -2.35. The number of H-pyrrole nitrogens is 1. The summed E-state index contributed by atoms with van der Waals surface area (Å²) in [6, 6.07) is 9.45. The van der Waals surface area contributed by atoms with Crippen LogP contribution >= 0.6 is 0 Å². The Kier molecular flexibility index (Phi) is 4.09. The third-order valence-electron chi connectivity index (χ3n) is 4.09. The highest BCUT2D eigenvalue weighted by atomic mass is 16.2. The highest BCUT2D eigenvalue weighted by Gasteiger charge is 2.26. The second-order valence-electron chi connectivity index (χ2n) is 6.36. The van der Waals surface area contributed by atoms with E-state index in [-0.39, 0.29) is 23.6 Å². The number of benzene rings is 1. The molecule has 2 heterocycles. The van der Waals surface area contributed by atoms with Crippen LogP contribution in [0.1, 0.15) is 29.9 Å². The first-order valence-corrected chi connectivity index (χ1v) is 7.88. The SMILES string of the molecule is Cc1ccc(-n2[nH]c(C(=O)N3CC(C)NC(C)C3)cc2=O)cc1. The van der Waals surface area contributed by atoms with Crippen LogP contribution in [0.2, 0.25) is 0 Å². The Labute approximate surface area is 135 Å². The van der Waals surface area contributed by atoms with Crippen LogP contribution in [-0.2, 0) is 0 Å². The molecule has 122 valence electrons. The first-order chi connectivity index (χ1) is 10.9. The Morgan fingerprint density at radius 1 is 1.13 bits per heavy atom. The predicted octanol–water partition coefficient (Wildman–Crippen LogP) is 1.30. The molecular weight excluding hydrogens is 292 g/mol. The molecule has 2 N–H and O–H groups in total. The average molecular weight is 314 g/mol. The van der Waals surface area contributed by atoms with Gasteiger partial charge in [0.1, 0.15) is 5.69 Å². The maximum atomic E-state index is 12.7. The molecule has 6 nitrogen and oxygen atoms in total. The van der Waals surface area contributed by atoms with Gasteiger partial charge in [0.2, 0.25) is 0 Å². The fourth-order valence-electron chi connectivity index (χ4n) is 3.05. The first-order valence-electron chi connectivity index (χ1n) is 7.88. The Morgan fingerprint density at radius 3 is 2.35 bits per heavy atom. The number of amides is 1. The number of hydrogen-bond donors (Lipinski definition) is 2. The van der Waals surface area contributed by atoms with Gasteiger partial charge in [0.15, 0.2) is 0 Å². The largest absolute Gasteiger partial charge is 0.334 e. The monoisotopic (exact) mass is 314 g/mol. The molecule has 6 heteroatoms. The van der Waals surface area contributed by atoms with Crippen molar-refractivity contribution in [3.8, 4) is 5.69 Å². The molecule has 1 saturated heterocycles. The van der Waals surface area contributed by atoms with Gasteiger partial charge in [-0.15, -0.1) is 0 Å². The summed E-state index contributed by atoms with van der Waals surface area (Å²) in [6.45, 7) is 7.37. The van der Waals surface area contributed by atoms with E-state index in [4.69, 9.17) is 0 Å². The number of aryl methyl sites for hydroxylation is 1. The molecule has 1 aromatic heterocycles. The summed E-state index contributed by atoms with van der Waals surface area (Å²) < 4.78 is 1.40. The van der Waals surface area contributed by atoms with Crippen molar-refractivity contribution >= 4 is 5.91 Å². The van der Waals surface area contributed by atoms with Gasteiger partial charge in [0.05, 0.1) is 5.69 Å². The fraction of sp³-hybridized carbons (Fsp3) is 0.412. The summed E-state index contributed by atoms with van der Waals surface area (Å²) >= 11 is 0. The van der Waals surface area contributed by atoms with E-state index < -0.39 is 0 Å². The highest BCUT2D eigenvalue weighted by molar-refractivity contribution is 5.92. The Bertz CT molecular complexity index is 750. The molecule has 0 radical (unpaired) electrons. The van der Waals surface area contributed by atoms with Crippen LogP contribution in [0.4, 0.5) is 0 Å². The molecule has 1 fully saturated rings. The second-order valence-corrected chi connectivity index (χ2v) is 6.36. The molecule has 0 saturated carbocycles. The lowest BCUT2D eigenvalue weighted by atomic mass is 10.1. The molecule has 2 aromatic rings. The van der Waals surface area contributed by atoms with Crippen molar-refractivity contribution in [3.63, 3.8) is 0 Å². The zero-order valence-corrected chi connectivity index (χ0v) is 13.7. The molecule has 0 bridgehead atoms. The number of nitrogens with zero attached hydrogens (tertiary/aromatic N) is 2. The normalized spacial score (nSPS) is 21.4. The minimum atomic E-state index is -0.228. The summed E-state index contributed by atoms with van der Waals surface area (Å²) in [5.41, 5.74) is 1.94. The lowest BCUT2D eigenvalue weighted by Crippen LogP contribution is -2.55. The zero-order valence-electron chi connectivity index (χ0n) is 13.7. The second kappa shape index (κ2) is 6.04. The van der Waals surface area contributed by atoms with Crippen LogP contribution in [0.5, 0.6) is 0 Å². The first kappa shape index (κ1) is 15.6. The molecule has 1 amide bonds. The Morgan fingerprint density at radius 2 is 1.74 bits per heavy atom. The van der Waals surface area contributed by atoms with Crippen LogP contribution in [0.3, 0.4) is 0 Å². The average Bonchev–Trinajstić information content (AvgIpc) is 2.88. The van der Waals surface area contributed by atoms with Crippen molar-refractivity contribution in [2.24, 2.45) is 0 Å². The van der Waals surface area contributed by atoms with Gasteiger partial charge in [-0.05, 0) is 32.9 Å². The summed E-state index contributed by atoms with van der Waals surface area (Å²) in [4.78, 5) is 26.6. The van der Waals surface area contributed by atoms with E-state index in [2.05, 4.69) is 24.3 Å². The highest BCUT2D eigenvalue weighted by Crippen LogP contribution is 2.10. The topological polar surface area (TPSA) is 70.1 Å². The summed E-state index contributed by atoms with van der Waals surface area (Å²) in [7, 11) is 0. The van der Waals surface area contributed by atoms with Crippen LogP contribution < -0.4 is 10.9 Å². The molecule has 1 aromatic carbocycles. The van der Waals surface area contributed by atoms with E-state index in [1.807, 2.05) is 31.2 Å². The van der Waals surface area contributed by atoms with Crippen LogP contribution in [0.25, 0.3) is 5.69 Å². The number of carbonyl (C=O) groups is 1. The minimum absolute atomic E-state index is 0.131. The van der Waals surface area contributed by atoms with Crippen LogP contribution in [-0.4, -0.2) is 45.8 Å². The minimum Gasteiger partial charge on any atom is -0.334 e. The zero-order chi connectivity index (χ0) is 16.6. The molecule has 3 rings (SSSR count). The smallest absolute Gasteiger partial charge is 0.272 e. The van der Waals surface area contributed by atoms with Crippen molar-refractivity contribution in [3.05, 3.63) is 51.9 Å². The molecular formula is C17H22N4O2. The van der Waals surface area contributed by atoms with E-state index in [0.717, 1.165) is 11.3 Å². The van der Waals surface area contributed by atoms with Crippen molar-refractivity contribution in [1.29, 1.82) is 0 Å². The number of piperazine rings is 1. The third kappa shape index (κ3) is 3.22. The summed E-state index contributed by atoms with van der Waals surface area (Å²) in [5.74, 6) is -0.131. The summed E-state index contributed by atoms with van der Waals surface area (Å²) in [6.07, 6.45) is 0. The molecule has 1 aliphatic heterocycles. The van der Waals surface area contributed by atoms with Crippen LogP contribution in [0.15, 0.2) is 35.1 Å². The van der Waals surface area contributed by atoms with E-state index >= 15 is 0 Å². The molecule has 0 spiro atoms. The number of carbonyl (C=O) groups excluding carboxylic acids is 1.